The molecule has 0 saturated heterocycles. The molecular weight excluding hydrogens is 192 g/mol. The highest BCUT2D eigenvalue weighted by Crippen LogP contribution is 2.33. The minimum atomic E-state index is -0.130. The summed E-state index contributed by atoms with van der Waals surface area (Å²) in [5.74, 6) is 0.172. The number of aromatic hydroxyl groups is 1. The molecular formula is C12H16O3. The second kappa shape index (κ2) is 4.82. The molecule has 0 aliphatic rings. The van der Waals surface area contributed by atoms with E-state index < -0.39 is 0 Å². The van der Waals surface area contributed by atoms with Crippen LogP contribution in [-0.2, 0) is 6.42 Å². The Balaban J connectivity index is 3.30. The van der Waals surface area contributed by atoms with Crippen molar-refractivity contribution in [1.82, 2.24) is 0 Å². The smallest absolute Gasteiger partial charge is 0.168 e. The van der Waals surface area contributed by atoms with E-state index in [-0.39, 0.29) is 11.5 Å². The number of methoxy groups -OCH3 is 1. The Morgan fingerprint density at radius 1 is 1.47 bits per heavy atom. The molecule has 0 aliphatic carbocycles. The number of ketones is 1. The number of Topliss-reactive ketones (excluding diaryl/α,β-unsaturated/α-hetero) is 1. The Morgan fingerprint density at radius 2 is 2.13 bits per heavy atom. The van der Waals surface area contributed by atoms with Gasteiger partial charge in [0.1, 0.15) is 0 Å². The van der Waals surface area contributed by atoms with Gasteiger partial charge in [-0.15, -0.1) is 0 Å². The van der Waals surface area contributed by atoms with Gasteiger partial charge in [0.15, 0.2) is 17.3 Å². The zero-order valence-corrected chi connectivity index (χ0v) is 9.33. The summed E-state index contributed by atoms with van der Waals surface area (Å²) in [6.07, 6.45) is 1.72. The van der Waals surface area contributed by atoms with Crippen LogP contribution in [0.25, 0.3) is 0 Å². The van der Waals surface area contributed by atoms with Crippen LogP contribution in [0.2, 0.25) is 0 Å². The fourth-order valence-corrected chi connectivity index (χ4v) is 1.65. The van der Waals surface area contributed by atoms with Gasteiger partial charge in [0.2, 0.25) is 0 Å². The second-order valence-corrected chi connectivity index (χ2v) is 3.46. The van der Waals surface area contributed by atoms with E-state index in [0.29, 0.717) is 11.3 Å². The third kappa shape index (κ3) is 2.29. The Bertz CT molecular complexity index is 369. The number of phenolic OH excluding ortho intramolecular Hbond substituents is 1. The number of ether oxygens (including phenoxy) is 1. The summed E-state index contributed by atoms with van der Waals surface area (Å²) in [6.45, 7) is 3.48. The topological polar surface area (TPSA) is 46.5 Å². The van der Waals surface area contributed by atoms with Gasteiger partial charge in [-0.2, -0.15) is 0 Å². The molecule has 0 atom stereocenters. The first-order valence-corrected chi connectivity index (χ1v) is 5.01. The average molecular weight is 208 g/mol. The van der Waals surface area contributed by atoms with Gasteiger partial charge >= 0.3 is 0 Å². The maximum atomic E-state index is 11.4. The predicted molar refractivity (Wildman–Crippen MR) is 58.7 cm³/mol. The standard InChI is InChI=1S/C12H16O3/c1-4-5-9-6-7-10(15-3)12(14)11(9)8(2)13/h6-7,14H,4-5H2,1-3H3. The Morgan fingerprint density at radius 3 is 2.60 bits per heavy atom. The lowest BCUT2D eigenvalue weighted by Crippen LogP contribution is -2.01. The highest BCUT2D eigenvalue weighted by molar-refractivity contribution is 5.99. The maximum absolute atomic E-state index is 11.4. The van der Waals surface area contributed by atoms with Crippen molar-refractivity contribution in [3.05, 3.63) is 23.3 Å². The van der Waals surface area contributed by atoms with E-state index in [2.05, 4.69) is 0 Å². The minimum absolute atomic E-state index is 0.0454. The lowest BCUT2D eigenvalue weighted by atomic mass is 9.99. The number of benzene rings is 1. The molecule has 0 spiro atoms. The fourth-order valence-electron chi connectivity index (χ4n) is 1.65. The lowest BCUT2D eigenvalue weighted by Gasteiger charge is -2.11. The van der Waals surface area contributed by atoms with Crippen LogP contribution in [0.5, 0.6) is 11.5 Å². The first kappa shape index (κ1) is 11.6. The Hall–Kier alpha value is -1.51. The van der Waals surface area contributed by atoms with Gasteiger partial charge < -0.3 is 9.84 Å². The van der Waals surface area contributed by atoms with Crippen LogP contribution in [0.3, 0.4) is 0 Å². The van der Waals surface area contributed by atoms with E-state index >= 15 is 0 Å². The van der Waals surface area contributed by atoms with Gasteiger partial charge in [-0.3, -0.25) is 4.79 Å². The molecule has 0 fully saturated rings. The van der Waals surface area contributed by atoms with Crippen molar-refractivity contribution in [3.63, 3.8) is 0 Å². The van der Waals surface area contributed by atoms with Gasteiger partial charge in [-0.25, -0.2) is 0 Å². The molecule has 0 heterocycles. The Labute approximate surface area is 89.7 Å². The number of aryl methyl sites for hydroxylation is 1. The number of carbonyl (C=O) groups is 1. The van der Waals surface area contributed by atoms with Crippen LogP contribution in [0.4, 0.5) is 0 Å². The quantitative estimate of drug-likeness (QED) is 0.773. The molecule has 3 heteroatoms. The van der Waals surface area contributed by atoms with E-state index in [1.165, 1.54) is 14.0 Å². The van der Waals surface area contributed by atoms with Crippen LogP contribution in [-0.4, -0.2) is 18.0 Å². The highest BCUT2D eigenvalue weighted by atomic mass is 16.5. The van der Waals surface area contributed by atoms with E-state index in [1.54, 1.807) is 6.07 Å². The van der Waals surface area contributed by atoms with E-state index in [4.69, 9.17) is 4.74 Å². The Kier molecular flexibility index (Phi) is 3.72. The first-order valence-electron chi connectivity index (χ1n) is 5.01. The van der Waals surface area contributed by atoms with Crippen molar-refractivity contribution in [2.45, 2.75) is 26.7 Å². The fraction of sp³-hybridized carbons (Fsp3) is 0.417. The molecule has 1 aromatic rings. The second-order valence-electron chi connectivity index (χ2n) is 3.46. The van der Waals surface area contributed by atoms with Gasteiger partial charge in [0.05, 0.1) is 12.7 Å². The van der Waals surface area contributed by atoms with Crippen LogP contribution in [0.1, 0.15) is 36.2 Å². The number of carbonyl (C=O) groups excluding carboxylic acids is 1. The van der Waals surface area contributed by atoms with Crippen molar-refractivity contribution >= 4 is 5.78 Å². The molecule has 0 aromatic heterocycles. The number of hydrogen-bond donors (Lipinski definition) is 1. The van der Waals surface area contributed by atoms with Crippen molar-refractivity contribution in [2.24, 2.45) is 0 Å². The van der Waals surface area contributed by atoms with Crippen molar-refractivity contribution in [3.8, 4) is 11.5 Å². The van der Waals surface area contributed by atoms with Crippen molar-refractivity contribution in [2.75, 3.05) is 7.11 Å². The number of hydrogen-bond acceptors (Lipinski definition) is 3. The zero-order chi connectivity index (χ0) is 11.4. The molecule has 0 saturated carbocycles. The molecule has 0 radical (unpaired) electrons. The molecule has 0 bridgehead atoms. The van der Waals surface area contributed by atoms with E-state index in [0.717, 1.165) is 18.4 Å². The summed E-state index contributed by atoms with van der Waals surface area (Å²) in [7, 11) is 1.47. The highest BCUT2D eigenvalue weighted by Gasteiger charge is 2.16. The van der Waals surface area contributed by atoms with Gasteiger partial charge in [-0.05, 0) is 25.0 Å². The van der Waals surface area contributed by atoms with Crippen LogP contribution in [0, 0.1) is 0 Å². The number of phenols is 1. The van der Waals surface area contributed by atoms with Crippen molar-refractivity contribution in [1.29, 1.82) is 0 Å². The molecule has 82 valence electrons. The maximum Gasteiger partial charge on any atom is 0.168 e. The van der Waals surface area contributed by atoms with E-state index in [1.807, 2.05) is 13.0 Å². The average Bonchev–Trinajstić information content (AvgIpc) is 2.18. The first-order chi connectivity index (χ1) is 7.11. The molecule has 1 N–H and O–H groups in total. The summed E-state index contributed by atoms with van der Waals surface area (Å²) in [5.41, 5.74) is 1.26. The minimum Gasteiger partial charge on any atom is -0.504 e. The van der Waals surface area contributed by atoms with Crippen LogP contribution >= 0.6 is 0 Å². The molecule has 0 unspecified atom stereocenters. The zero-order valence-electron chi connectivity index (χ0n) is 9.33. The molecule has 1 rings (SSSR count). The third-order valence-electron chi connectivity index (χ3n) is 2.32. The monoisotopic (exact) mass is 208 g/mol. The van der Waals surface area contributed by atoms with Gasteiger partial charge in [-0.1, -0.05) is 19.4 Å². The van der Waals surface area contributed by atoms with Crippen LogP contribution < -0.4 is 4.74 Å². The molecule has 0 amide bonds. The van der Waals surface area contributed by atoms with Gasteiger partial charge in [0.25, 0.3) is 0 Å². The summed E-state index contributed by atoms with van der Waals surface area (Å²) >= 11 is 0. The molecule has 15 heavy (non-hydrogen) atoms. The predicted octanol–water partition coefficient (Wildman–Crippen LogP) is 2.56. The summed E-state index contributed by atoms with van der Waals surface area (Å²) in [6, 6.07) is 3.52. The number of rotatable bonds is 4. The van der Waals surface area contributed by atoms with E-state index in [9.17, 15) is 9.90 Å². The molecule has 1 aromatic carbocycles. The summed E-state index contributed by atoms with van der Waals surface area (Å²) in [4.78, 5) is 11.4. The lowest BCUT2D eigenvalue weighted by molar-refractivity contribution is 0.101. The summed E-state index contributed by atoms with van der Waals surface area (Å²) in [5, 5.41) is 9.82. The molecule has 3 nitrogen and oxygen atoms in total. The van der Waals surface area contributed by atoms with Crippen molar-refractivity contribution < 1.29 is 14.6 Å². The molecule has 0 aliphatic heterocycles. The third-order valence-corrected chi connectivity index (χ3v) is 2.32. The van der Waals surface area contributed by atoms with Crippen LogP contribution in [0.15, 0.2) is 12.1 Å². The summed E-state index contributed by atoms with van der Waals surface area (Å²) < 4.78 is 4.97. The van der Waals surface area contributed by atoms with Gasteiger partial charge in [0, 0.05) is 0 Å². The largest absolute Gasteiger partial charge is 0.504 e. The SMILES string of the molecule is CCCc1ccc(OC)c(O)c1C(C)=O. The normalized spacial score (nSPS) is 10.1.